The maximum absolute atomic E-state index is 11.3. The third-order valence-electron chi connectivity index (χ3n) is 5.12. The van der Waals surface area contributed by atoms with E-state index in [0.29, 0.717) is 30.7 Å². The monoisotopic (exact) mass is 311 g/mol. The van der Waals surface area contributed by atoms with Crippen molar-refractivity contribution in [1.29, 1.82) is 0 Å². The van der Waals surface area contributed by atoms with Gasteiger partial charge in [0.05, 0.1) is 18.1 Å². The third-order valence-corrected chi connectivity index (χ3v) is 5.12. The Morgan fingerprint density at radius 1 is 1.09 bits per heavy atom. The topological polar surface area (TPSA) is 58.6 Å². The number of ether oxygens (including phenoxy) is 1. The van der Waals surface area contributed by atoms with E-state index in [1.165, 1.54) is 25.7 Å². The van der Waals surface area contributed by atoms with Crippen LogP contribution < -0.4 is 5.32 Å². The quantitative estimate of drug-likeness (QED) is 0.719. The Kier molecular flexibility index (Phi) is 7.16. The number of aliphatic carboxylic acids is 1. The Morgan fingerprint density at radius 2 is 1.68 bits per heavy atom. The van der Waals surface area contributed by atoms with Crippen molar-refractivity contribution in [3.63, 3.8) is 0 Å². The van der Waals surface area contributed by atoms with Crippen LogP contribution >= 0.6 is 0 Å². The van der Waals surface area contributed by atoms with Gasteiger partial charge in [-0.05, 0) is 50.9 Å². The van der Waals surface area contributed by atoms with Gasteiger partial charge in [0.1, 0.15) is 0 Å². The van der Waals surface area contributed by atoms with Gasteiger partial charge in [-0.2, -0.15) is 0 Å². The fraction of sp³-hybridized carbons (Fsp3) is 0.944. The van der Waals surface area contributed by atoms with Crippen molar-refractivity contribution in [3.8, 4) is 0 Å². The molecule has 2 saturated carbocycles. The predicted molar refractivity (Wildman–Crippen MR) is 88.0 cm³/mol. The van der Waals surface area contributed by atoms with Crippen molar-refractivity contribution >= 4 is 5.97 Å². The van der Waals surface area contributed by atoms with Gasteiger partial charge in [-0.25, -0.2) is 0 Å². The number of carbonyl (C=O) groups is 1. The van der Waals surface area contributed by atoms with Crippen molar-refractivity contribution in [1.82, 2.24) is 5.32 Å². The summed E-state index contributed by atoms with van der Waals surface area (Å²) in [4.78, 5) is 11.3. The van der Waals surface area contributed by atoms with Crippen molar-refractivity contribution in [2.24, 2.45) is 11.8 Å². The van der Waals surface area contributed by atoms with Crippen LogP contribution in [0, 0.1) is 11.8 Å². The SMILES string of the molecule is CC(C)CC(CNC1CCC(OC2CCCC2)CC1)C(=O)O. The van der Waals surface area contributed by atoms with E-state index in [9.17, 15) is 9.90 Å². The summed E-state index contributed by atoms with van der Waals surface area (Å²) in [6.45, 7) is 4.77. The van der Waals surface area contributed by atoms with E-state index in [-0.39, 0.29) is 5.92 Å². The second kappa shape index (κ2) is 8.88. The van der Waals surface area contributed by atoms with Crippen LogP contribution in [0.2, 0.25) is 0 Å². The standard InChI is InChI=1S/C18H33NO3/c1-13(2)11-14(18(20)21)12-19-15-7-9-17(10-8-15)22-16-5-3-4-6-16/h13-17,19H,3-12H2,1-2H3,(H,20,21). The molecule has 4 nitrogen and oxygen atoms in total. The van der Waals surface area contributed by atoms with Crippen LogP contribution in [0.1, 0.15) is 71.6 Å². The van der Waals surface area contributed by atoms with E-state index >= 15 is 0 Å². The summed E-state index contributed by atoms with van der Waals surface area (Å²) in [7, 11) is 0. The highest BCUT2D eigenvalue weighted by Crippen LogP contribution is 2.28. The lowest BCUT2D eigenvalue weighted by Gasteiger charge is -2.31. The van der Waals surface area contributed by atoms with Crippen molar-refractivity contribution < 1.29 is 14.6 Å². The molecule has 22 heavy (non-hydrogen) atoms. The van der Waals surface area contributed by atoms with Gasteiger partial charge >= 0.3 is 5.97 Å². The average Bonchev–Trinajstić information content (AvgIpc) is 2.97. The van der Waals surface area contributed by atoms with Gasteiger partial charge in [0.25, 0.3) is 0 Å². The zero-order valence-corrected chi connectivity index (χ0v) is 14.2. The molecule has 0 aliphatic heterocycles. The number of nitrogens with one attached hydrogen (secondary N) is 1. The van der Waals surface area contributed by atoms with Crippen LogP contribution in [-0.2, 0) is 9.53 Å². The molecule has 128 valence electrons. The minimum absolute atomic E-state index is 0.257. The molecular formula is C18H33NO3. The lowest BCUT2D eigenvalue weighted by Crippen LogP contribution is -2.40. The van der Waals surface area contributed by atoms with Crippen molar-refractivity contribution in [2.45, 2.75) is 89.9 Å². The van der Waals surface area contributed by atoms with Gasteiger partial charge in [-0.1, -0.05) is 26.7 Å². The van der Waals surface area contributed by atoms with Gasteiger partial charge in [0, 0.05) is 12.6 Å². The minimum Gasteiger partial charge on any atom is -0.481 e. The van der Waals surface area contributed by atoms with Crippen LogP contribution in [0.5, 0.6) is 0 Å². The van der Waals surface area contributed by atoms with Gasteiger partial charge < -0.3 is 15.2 Å². The number of hydrogen-bond acceptors (Lipinski definition) is 3. The van der Waals surface area contributed by atoms with E-state index in [0.717, 1.165) is 32.1 Å². The molecule has 0 spiro atoms. The fourth-order valence-corrected chi connectivity index (χ4v) is 3.85. The zero-order valence-electron chi connectivity index (χ0n) is 14.2. The molecule has 0 amide bonds. The average molecular weight is 311 g/mol. The molecule has 1 atom stereocenters. The van der Waals surface area contributed by atoms with Crippen LogP contribution in [0.15, 0.2) is 0 Å². The zero-order chi connectivity index (χ0) is 15.9. The van der Waals surface area contributed by atoms with Crippen LogP contribution in [0.25, 0.3) is 0 Å². The van der Waals surface area contributed by atoms with Gasteiger partial charge in [0.15, 0.2) is 0 Å². The molecule has 2 fully saturated rings. The first-order chi connectivity index (χ1) is 10.5. The molecule has 1 unspecified atom stereocenters. The van der Waals surface area contributed by atoms with Gasteiger partial charge in [-0.3, -0.25) is 4.79 Å². The van der Waals surface area contributed by atoms with E-state index in [4.69, 9.17) is 4.74 Å². The summed E-state index contributed by atoms with van der Waals surface area (Å²) in [6.07, 6.45) is 11.3. The summed E-state index contributed by atoms with van der Waals surface area (Å²) in [5.41, 5.74) is 0. The normalized spacial score (nSPS) is 28.1. The molecule has 0 heterocycles. The first kappa shape index (κ1) is 17.7. The molecule has 4 heteroatoms. The highest BCUT2D eigenvalue weighted by Gasteiger charge is 2.27. The largest absolute Gasteiger partial charge is 0.481 e. The lowest BCUT2D eigenvalue weighted by atomic mass is 9.91. The second-order valence-electron chi connectivity index (χ2n) is 7.59. The first-order valence-electron chi connectivity index (χ1n) is 9.16. The Bertz CT molecular complexity index is 331. The summed E-state index contributed by atoms with van der Waals surface area (Å²) >= 11 is 0. The molecule has 2 aliphatic carbocycles. The molecule has 0 aromatic heterocycles. The van der Waals surface area contributed by atoms with Crippen LogP contribution in [-0.4, -0.2) is 35.9 Å². The third kappa shape index (κ3) is 5.88. The number of hydrogen-bond donors (Lipinski definition) is 2. The Labute approximate surface area is 135 Å². The van der Waals surface area contributed by atoms with E-state index in [1.807, 2.05) is 0 Å². The first-order valence-corrected chi connectivity index (χ1v) is 9.16. The van der Waals surface area contributed by atoms with Crippen molar-refractivity contribution in [3.05, 3.63) is 0 Å². The maximum Gasteiger partial charge on any atom is 0.307 e. The summed E-state index contributed by atoms with van der Waals surface area (Å²) in [6, 6.07) is 0.470. The predicted octanol–water partition coefficient (Wildman–Crippen LogP) is 3.59. The van der Waals surface area contributed by atoms with E-state index in [1.54, 1.807) is 0 Å². The summed E-state index contributed by atoms with van der Waals surface area (Å²) in [5, 5.41) is 12.8. The maximum atomic E-state index is 11.3. The molecule has 2 N–H and O–H groups in total. The minimum atomic E-state index is -0.667. The number of carboxylic acid groups (broad SMARTS) is 1. The highest BCUT2D eigenvalue weighted by molar-refractivity contribution is 5.70. The number of carboxylic acids is 1. The Hall–Kier alpha value is -0.610. The highest BCUT2D eigenvalue weighted by atomic mass is 16.5. The molecule has 2 aliphatic rings. The van der Waals surface area contributed by atoms with E-state index in [2.05, 4.69) is 19.2 Å². The molecule has 0 saturated heterocycles. The molecular weight excluding hydrogens is 278 g/mol. The molecule has 0 bridgehead atoms. The van der Waals surface area contributed by atoms with Crippen molar-refractivity contribution in [2.75, 3.05) is 6.54 Å². The summed E-state index contributed by atoms with van der Waals surface area (Å²) < 4.78 is 6.20. The Balaban J connectivity index is 1.64. The molecule has 2 rings (SSSR count). The molecule has 0 aromatic rings. The van der Waals surface area contributed by atoms with Crippen LogP contribution in [0.4, 0.5) is 0 Å². The molecule has 0 aromatic carbocycles. The van der Waals surface area contributed by atoms with Crippen LogP contribution in [0.3, 0.4) is 0 Å². The summed E-state index contributed by atoms with van der Waals surface area (Å²) in [5.74, 6) is -0.495. The Morgan fingerprint density at radius 3 is 2.23 bits per heavy atom. The fourth-order valence-electron chi connectivity index (χ4n) is 3.85. The molecule has 0 radical (unpaired) electrons. The number of rotatable bonds is 8. The van der Waals surface area contributed by atoms with E-state index < -0.39 is 5.97 Å². The smallest absolute Gasteiger partial charge is 0.307 e. The second-order valence-corrected chi connectivity index (χ2v) is 7.59. The van der Waals surface area contributed by atoms with Gasteiger partial charge in [0.2, 0.25) is 0 Å². The lowest BCUT2D eigenvalue weighted by molar-refractivity contribution is -0.142. The van der Waals surface area contributed by atoms with Gasteiger partial charge in [-0.15, -0.1) is 0 Å².